The molecule has 0 bridgehead atoms. The van der Waals surface area contributed by atoms with Crippen LogP contribution >= 0.6 is 11.6 Å². The van der Waals surface area contributed by atoms with Crippen molar-refractivity contribution < 1.29 is 9.90 Å². The number of nitrogens with zero attached hydrogens (tertiary/aromatic N) is 3. The largest absolute Gasteiger partial charge is 0.480 e. The van der Waals surface area contributed by atoms with Crippen molar-refractivity contribution in [3.05, 3.63) is 16.8 Å². The summed E-state index contributed by atoms with van der Waals surface area (Å²) in [4.78, 5) is 19.3. The molecule has 0 aliphatic heterocycles. The Bertz CT molecular complexity index is 654. The number of nitrogens with one attached hydrogen (secondary N) is 1. The summed E-state index contributed by atoms with van der Waals surface area (Å²) in [5.74, 6) is -0.141. The lowest BCUT2D eigenvalue weighted by Gasteiger charge is -2.10. The van der Waals surface area contributed by atoms with Crippen molar-refractivity contribution in [1.82, 2.24) is 19.9 Å². The predicted octanol–water partition coefficient (Wildman–Crippen LogP) is 2.62. The molecule has 2 aromatic heterocycles. The first-order valence-corrected chi connectivity index (χ1v) is 7.39. The van der Waals surface area contributed by atoms with Gasteiger partial charge in [0, 0.05) is 31.8 Å². The SMILES string of the molecule is CCCCCn1c(O)nc2ncc(Cl)c(CNC(C)=O)c21. The summed E-state index contributed by atoms with van der Waals surface area (Å²) in [7, 11) is 0. The maximum absolute atomic E-state index is 11.1. The van der Waals surface area contributed by atoms with Crippen molar-refractivity contribution in [2.45, 2.75) is 46.2 Å². The fourth-order valence-electron chi connectivity index (χ4n) is 2.24. The van der Waals surface area contributed by atoms with E-state index >= 15 is 0 Å². The van der Waals surface area contributed by atoms with E-state index in [1.165, 1.54) is 13.1 Å². The second-order valence-corrected chi connectivity index (χ2v) is 5.34. The topological polar surface area (TPSA) is 80.0 Å². The van der Waals surface area contributed by atoms with E-state index in [0.29, 0.717) is 22.7 Å². The number of aromatic nitrogens is 3. The summed E-state index contributed by atoms with van der Waals surface area (Å²) < 4.78 is 1.71. The number of carbonyl (C=O) groups excluding carboxylic acids is 1. The summed E-state index contributed by atoms with van der Waals surface area (Å²) >= 11 is 6.19. The van der Waals surface area contributed by atoms with Gasteiger partial charge in [-0.05, 0) is 6.42 Å². The molecule has 21 heavy (non-hydrogen) atoms. The third-order valence-electron chi connectivity index (χ3n) is 3.30. The average molecular weight is 311 g/mol. The van der Waals surface area contributed by atoms with E-state index in [9.17, 15) is 9.90 Å². The van der Waals surface area contributed by atoms with Crippen LogP contribution in [0, 0.1) is 0 Å². The Morgan fingerprint density at radius 3 is 2.90 bits per heavy atom. The first kappa shape index (κ1) is 15.6. The number of aromatic hydroxyl groups is 1. The Morgan fingerprint density at radius 2 is 2.24 bits per heavy atom. The number of imidazole rings is 1. The number of hydrogen-bond donors (Lipinski definition) is 2. The number of carbonyl (C=O) groups is 1. The predicted molar refractivity (Wildman–Crippen MR) is 81.2 cm³/mol. The van der Waals surface area contributed by atoms with Crippen molar-refractivity contribution in [2.24, 2.45) is 0 Å². The zero-order chi connectivity index (χ0) is 15.4. The molecule has 0 spiro atoms. The van der Waals surface area contributed by atoms with Gasteiger partial charge in [0.2, 0.25) is 5.91 Å². The molecule has 1 amide bonds. The summed E-state index contributed by atoms with van der Waals surface area (Å²) in [5, 5.41) is 13.2. The number of hydrogen-bond acceptors (Lipinski definition) is 4. The van der Waals surface area contributed by atoms with Crippen LogP contribution in [0.1, 0.15) is 38.7 Å². The van der Waals surface area contributed by atoms with E-state index in [1.807, 2.05) is 0 Å². The minimum absolute atomic E-state index is 0.0695. The molecular weight excluding hydrogens is 292 g/mol. The quantitative estimate of drug-likeness (QED) is 0.804. The Balaban J connectivity index is 2.44. The van der Waals surface area contributed by atoms with Gasteiger partial charge in [0.05, 0.1) is 10.5 Å². The number of aryl methyl sites for hydroxylation is 1. The van der Waals surface area contributed by atoms with Crippen LogP contribution in [0.15, 0.2) is 6.20 Å². The van der Waals surface area contributed by atoms with Crippen LogP contribution in [0.2, 0.25) is 5.02 Å². The molecule has 6 nitrogen and oxygen atoms in total. The van der Waals surface area contributed by atoms with E-state index in [1.54, 1.807) is 4.57 Å². The lowest BCUT2D eigenvalue weighted by atomic mass is 10.2. The molecule has 0 radical (unpaired) electrons. The smallest absolute Gasteiger partial charge is 0.296 e. The first-order valence-electron chi connectivity index (χ1n) is 7.01. The Labute approximate surface area is 128 Å². The van der Waals surface area contributed by atoms with Gasteiger partial charge in [0.15, 0.2) is 5.65 Å². The molecule has 0 atom stereocenters. The van der Waals surface area contributed by atoms with Crippen LogP contribution in [-0.2, 0) is 17.9 Å². The highest BCUT2D eigenvalue weighted by Crippen LogP contribution is 2.28. The van der Waals surface area contributed by atoms with E-state index in [4.69, 9.17) is 11.6 Å². The van der Waals surface area contributed by atoms with Crippen molar-refractivity contribution in [1.29, 1.82) is 0 Å². The number of halogens is 1. The van der Waals surface area contributed by atoms with E-state index in [2.05, 4.69) is 22.2 Å². The molecule has 7 heteroatoms. The number of fused-ring (bicyclic) bond motifs is 1. The third-order valence-corrected chi connectivity index (χ3v) is 3.63. The molecule has 2 heterocycles. The zero-order valence-electron chi connectivity index (χ0n) is 12.2. The number of pyridine rings is 1. The lowest BCUT2D eigenvalue weighted by molar-refractivity contribution is -0.119. The summed E-state index contributed by atoms with van der Waals surface area (Å²) in [6.07, 6.45) is 4.57. The molecule has 0 aliphatic rings. The molecule has 0 unspecified atom stereocenters. The number of amides is 1. The van der Waals surface area contributed by atoms with Crippen molar-refractivity contribution in [3.8, 4) is 6.01 Å². The van der Waals surface area contributed by atoms with Gasteiger partial charge in [0.1, 0.15) is 0 Å². The summed E-state index contributed by atoms with van der Waals surface area (Å²) in [5.41, 5.74) is 1.85. The van der Waals surface area contributed by atoms with Crippen LogP contribution < -0.4 is 5.32 Å². The Hall–Kier alpha value is -1.82. The van der Waals surface area contributed by atoms with Gasteiger partial charge in [-0.2, -0.15) is 4.98 Å². The second kappa shape index (κ2) is 6.76. The minimum Gasteiger partial charge on any atom is -0.480 e. The Morgan fingerprint density at radius 1 is 1.48 bits per heavy atom. The van der Waals surface area contributed by atoms with Gasteiger partial charge in [-0.1, -0.05) is 31.4 Å². The molecule has 114 valence electrons. The van der Waals surface area contributed by atoms with Crippen LogP contribution in [-0.4, -0.2) is 25.5 Å². The van der Waals surface area contributed by atoms with Gasteiger partial charge in [-0.3, -0.25) is 9.36 Å². The average Bonchev–Trinajstić information content (AvgIpc) is 2.74. The van der Waals surface area contributed by atoms with Crippen molar-refractivity contribution in [2.75, 3.05) is 0 Å². The molecular formula is C14H19ClN4O2. The third kappa shape index (κ3) is 3.44. The van der Waals surface area contributed by atoms with Crippen molar-refractivity contribution >= 4 is 28.7 Å². The van der Waals surface area contributed by atoms with Gasteiger partial charge >= 0.3 is 0 Å². The first-order chi connectivity index (χ1) is 10.0. The molecule has 2 rings (SSSR count). The summed E-state index contributed by atoms with van der Waals surface area (Å²) in [6.45, 7) is 4.49. The standard InChI is InChI=1S/C14H19ClN4O2/c1-3-4-5-6-19-12-10(7-16-9(2)20)11(15)8-17-13(12)18-14(19)21/h8H,3-7H2,1-2H3,(H,16,20)(H,17,18,21). The van der Waals surface area contributed by atoms with E-state index < -0.39 is 0 Å². The molecule has 2 N–H and O–H groups in total. The molecule has 0 aliphatic carbocycles. The normalized spacial score (nSPS) is 11.0. The fraction of sp³-hybridized carbons (Fsp3) is 0.500. The van der Waals surface area contributed by atoms with Crippen LogP contribution in [0.3, 0.4) is 0 Å². The van der Waals surface area contributed by atoms with Crippen LogP contribution in [0.4, 0.5) is 0 Å². The molecule has 2 aromatic rings. The summed E-state index contributed by atoms with van der Waals surface area (Å²) in [6, 6.07) is -0.0695. The highest BCUT2D eigenvalue weighted by Gasteiger charge is 2.17. The number of unbranched alkanes of at least 4 members (excludes halogenated alkanes) is 2. The maximum atomic E-state index is 11.1. The molecule has 0 aromatic carbocycles. The van der Waals surface area contributed by atoms with Gasteiger partial charge in [-0.15, -0.1) is 0 Å². The van der Waals surface area contributed by atoms with Gasteiger partial charge in [-0.25, -0.2) is 4.98 Å². The Kier molecular flexibility index (Phi) is 5.01. The van der Waals surface area contributed by atoms with Crippen LogP contribution in [0.5, 0.6) is 6.01 Å². The van der Waals surface area contributed by atoms with Crippen LogP contribution in [0.25, 0.3) is 11.2 Å². The van der Waals surface area contributed by atoms with Gasteiger partial charge < -0.3 is 10.4 Å². The highest BCUT2D eigenvalue weighted by atomic mass is 35.5. The lowest BCUT2D eigenvalue weighted by Crippen LogP contribution is -2.20. The maximum Gasteiger partial charge on any atom is 0.296 e. The monoisotopic (exact) mass is 310 g/mol. The van der Waals surface area contributed by atoms with Gasteiger partial charge in [0.25, 0.3) is 6.01 Å². The minimum atomic E-state index is -0.141. The molecule has 0 saturated carbocycles. The van der Waals surface area contributed by atoms with Crippen molar-refractivity contribution in [3.63, 3.8) is 0 Å². The van der Waals surface area contributed by atoms with E-state index in [-0.39, 0.29) is 18.5 Å². The fourth-order valence-corrected chi connectivity index (χ4v) is 2.44. The molecule has 0 saturated heterocycles. The van der Waals surface area contributed by atoms with E-state index in [0.717, 1.165) is 24.8 Å². The number of rotatable bonds is 6. The highest BCUT2D eigenvalue weighted by molar-refractivity contribution is 6.32. The molecule has 0 fully saturated rings. The second-order valence-electron chi connectivity index (χ2n) is 4.94. The zero-order valence-corrected chi connectivity index (χ0v) is 12.9.